The van der Waals surface area contributed by atoms with Gasteiger partial charge in [0, 0.05) is 22.1 Å². The summed E-state index contributed by atoms with van der Waals surface area (Å²) in [5, 5.41) is 3.43. The standard InChI is InChI=1S/C16H18BrNO3/c1-16(2,12-4-6-13(17)7-5-12)18-10-11-8-9-21-14(11)15(19)20-3/h4-9,18H,10H2,1-3H3. The zero-order chi connectivity index (χ0) is 15.5. The van der Waals surface area contributed by atoms with Gasteiger partial charge < -0.3 is 14.5 Å². The number of ether oxygens (including phenoxy) is 1. The molecule has 1 heterocycles. The minimum absolute atomic E-state index is 0.231. The molecule has 1 aromatic carbocycles. The van der Waals surface area contributed by atoms with Crippen molar-refractivity contribution in [3.8, 4) is 0 Å². The van der Waals surface area contributed by atoms with Crippen LogP contribution in [-0.2, 0) is 16.8 Å². The van der Waals surface area contributed by atoms with Gasteiger partial charge in [-0.1, -0.05) is 28.1 Å². The Balaban J connectivity index is 2.10. The van der Waals surface area contributed by atoms with E-state index in [0.29, 0.717) is 6.54 Å². The number of esters is 1. The average molecular weight is 352 g/mol. The van der Waals surface area contributed by atoms with Crippen molar-refractivity contribution in [2.45, 2.75) is 25.9 Å². The molecule has 0 spiro atoms. The highest BCUT2D eigenvalue weighted by Crippen LogP contribution is 2.23. The maximum absolute atomic E-state index is 11.6. The summed E-state index contributed by atoms with van der Waals surface area (Å²) in [5.74, 6) is -0.213. The predicted octanol–water partition coefficient (Wildman–Crippen LogP) is 3.85. The number of methoxy groups -OCH3 is 1. The van der Waals surface area contributed by atoms with Gasteiger partial charge in [0.25, 0.3) is 0 Å². The van der Waals surface area contributed by atoms with Gasteiger partial charge in [-0.25, -0.2) is 4.79 Å². The quantitative estimate of drug-likeness (QED) is 0.831. The van der Waals surface area contributed by atoms with Crippen LogP contribution in [0, 0.1) is 0 Å². The van der Waals surface area contributed by atoms with E-state index >= 15 is 0 Å². The lowest BCUT2D eigenvalue weighted by Gasteiger charge is -2.27. The molecule has 21 heavy (non-hydrogen) atoms. The third kappa shape index (κ3) is 3.74. The van der Waals surface area contributed by atoms with E-state index in [4.69, 9.17) is 9.15 Å². The normalized spacial score (nSPS) is 11.4. The van der Waals surface area contributed by atoms with Gasteiger partial charge in [0.2, 0.25) is 5.76 Å². The van der Waals surface area contributed by atoms with Gasteiger partial charge in [0.05, 0.1) is 13.4 Å². The van der Waals surface area contributed by atoms with E-state index in [1.165, 1.54) is 13.4 Å². The molecular formula is C16H18BrNO3. The van der Waals surface area contributed by atoms with Gasteiger partial charge >= 0.3 is 5.97 Å². The molecule has 2 aromatic rings. The van der Waals surface area contributed by atoms with Crippen LogP contribution in [0.1, 0.15) is 35.5 Å². The zero-order valence-corrected chi connectivity index (χ0v) is 13.9. The molecule has 1 aromatic heterocycles. The second kappa shape index (κ2) is 6.45. The van der Waals surface area contributed by atoms with Crippen LogP contribution in [0.4, 0.5) is 0 Å². The summed E-state index contributed by atoms with van der Waals surface area (Å²) >= 11 is 3.43. The second-order valence-corrected chi connectivity index (χ2v) is 6.17. The Morgan fingerprint density at radius 1 is 1.29 bits per heavy atom. The van der Waals surface area contributed by atoms with Crippen LogP contribution < -0.4 is 5.32 Å². The first-order valence-corrected chi connectivity index (χ1v) is 7.39. The Kier molecular flexibility index (Phi) is 4.85. The first kappa shape index (κ1) is 15.8. The van der Waals surface area contributed by atoms with Gasteiger partial charge in [-0.15, -0.1) is 0 Å². The number of hydrogen-bond acceptors (Lipinski definition) is 4. The third-order valence-corrected chi connectivity index (χ3v) is 3.93. The number of carbonyl (C=O) groups is 1. The Hall–Kier alpha value is -1.59. The molecule has 0 aliphatic rings. The van der Waals surface area contributed by atoms with Gasteiger partial charge in [-0.2, -0.15) is 0 Å². The van der Waals surface area contributed by atoms with E-state index in [9.17, 15) is 4.79 Å². The molecule has 0 saturated carbocycles. The molecule has 0 saturated heterocycles. The third-order valence-electron chi connectivity index (χ3n) is 3.40. The van der Waals surface area contributed by atoms with E-state index in [-0.39, 0.29) is 11.3 Å². The van der Waals surface area contributed by atoms with Crippen molar-refractivity contribution in [3.63, 3.8) is 0 Å². The predicted molar refractivity (Wildman–Crippen MR) is 84.1 cm³/mol. The first-order valence-electron chi connectivity index (χ1n) is 6.60. The van der Waals surface area contributed by atoms with E-state index < -0.39 is 5.97 Å². The fourth-order valence-corrected chi connectivity index (χ4v) is 2.30. The molecule has 0 aliphatic heterocycles. The molecule has 0 radical (unpaired) electrons. The van der Waals surface area contributed by atoms with Gasteiger partial charge in [-0.05, 0) is 37.6 Å². The molecule has 0 fully saturated rings. The summed E-state index contributed by atoms with van der Waals surface area (Å²) in [6.45, 7) is 4.70. The lowest BCUT2D eigenvalue weighted by molar-refractivity contribution is 0.0563. The van der Waals surface area contributed by atoms with Gasteiger partial charge in [0.15, 0.2) is 0 Å². The maximum Gasteiger partial charge on any atom is 0.374 e. The Bertz CT molecular complexity index is 617. The molecule has 0 bridgehead atoms. The van der Waals surface area contributed by atoms with Crippen LogP contribution in [0.3, 0.4) is 0 Å². The van der Waals surface area contributed by atoms with Crippen LogP contribution in [0.5, 0.6) is 0 Å². The van der Waals surface area contributed by atoms with Crippen molar-refractivity contribution < 1.29 is 13.9 Å². The summed E-state index contributed by atoms with van der Waals surface area (Å²) in [7, 11) is 1.34. The van der Waals surface area contributed by atoms with Crippen molar-refractivity contribution in [1.29, 1.82) is 0 Å². The average Bonchev–Trinajstić information content (AvgIpc) is 2.93. The zero-order valence-electron chi connectivity index (χ0n) is 12.3. The summed E-state index contributed by atoms with van der Waals surface area (Å²) in [6.07, 6.45) is 1.50. The van der Waals surface area contributed by atoms with Crippen LogP contribution in [0.2, 0.25) is 0 Å². The Morgan fingerprint density at radius 3 is 2.57 bits per heavy atom. The van der Waals surface area contributed by atoms with Crippen molar-refractivity contribution in [2.75, 3.05) is 7.11 Å². The number of nitrogens with one attached hydrogen (secondary N) is 1. The number of carbonyl (C=O) groups excluding carboxylic acids is 1. The van der Waals surface area contributed by atoms with Crippen molar-refractivity contribution >= 4 is 21.9 Å². The molecule has 112 valence electrons. The summed E-state index contributed by atoms with van der Waals surface area (Å²) in [4.78, 5) is 11.6. The largest absolute Gasteiger partial charge is 0.463 e. The summed E-state index contributed by atoms with van der Waals surface area (Å²) in [5.41, 5.74) is 1.71. The number of hydrogen-bond donors (Lipinski definition) is 1. The number of furan rings is 1. The van der Waals surface area contributed by atoms with Crippen LogP contribution >= 0.6 is 15.9 Å². The highest BCUT2D eigenvalue weighted by atomic mass is 79.9. The van der Waals surface area contributed by atoms with Crippen LogP contribution in [-0.4, -0.2) is 13.1 Å². The van der Waals surface area contributed by atoms with E-state index in [0.717, 1.165) is 15.6 Å². The van der Waals surface area contributed by atoms with E-state index in [2.05, 4.69) is 47.2 Å². The monoisotopic (exact) mass is 351 g/mol. The molecule has 0 amide bonds. The van der Waals surface area contributed by atoms with Crippen molar-refractivity contribution in [3.05, 3.63) is 58.0 Å². The van der Waals surface area contributed by atoms with Crippen molar-refractivity contribution in [1.82, 2.24) is 5.32 Å². The summed E-state index contributed by atoms with van der Waals surface area (Å²) in [6, 6.07) is 9.92. The molecular weight excluding hydrogens is 334 g/mol. The first-order chi connectivity index (χ1) is 9.94. The second-order valence-electron chi connectivity index (χ2n) is 5.25. The topological polar surface area (TPSA) is 51.5 Å². The fraction of sp³-hybridized carbons (Fsp3) is 0.312. The molecule has 0 unspecified atom stereocenters. The van der Waals surface area contributed by atoms with Crippen LogP contribution in [0.25, 0.3) is 0 Å². The SMILES string of the molecule is COC(=O)c1occc1CNC(C)(C)c1ccc(Br)cc1. The minimum Gasteiger partial charge on any atom is -0.463 e. The van der Waals surface area contributed by atoms with Gasteiger partial charge in [0.1, 0.15) is 0 Å². The lowest BCUT2D eigenvalue weighted by Crippen LogP contribution is -2.36. The minimum atomic E-state index is -0.460. The number of rotatable bonds is 5. The fourth-order valence-electron chi connectivity index (χ4n) is 2.03. The Labute approximate surface area is 132 Å². The number of benzene rings is 1. The molecule has 2 rings (SSSR count). The van der Waals surface area contributed by atoms with Gasteiger partial charge in [-0.3, -0.25) is 0 Å². The molecule has 5 heteroatoms. The smallest absolute Gasteiger partial charge is 0.374 e. The highest BCUT2D eigenvalue weighted by Gasteiger charge is 2.22. The molecule has 4 nitrogen and oxygen atoms in total. The number of halogens is 1. The maximum atomic E-state index is 11.6. The lowest BCUT2D eigenvalue weighted by atomic mass is 9.94. The van der Waals surface area contributed by atoms with E-state index in [1.807, 2.05) is 12.1 Å². The Morgan fingerprint density at radius 2 is 1.95 bits per heavy atom. The summed E-state index contributed by atoms with van der Waals surface area (Å²) < 4.78 is 10.9. The highest BCUT2D eigenvalue weighted by molar-refractivity contribution is 9.10. The molecule has 0 aliphatic carbocycles. The van der Waals surface area contributed by atoms with Crippen LogP contribution in [0.15, 0.2) is 45.5 Å². The van der Waals surface area contributed by atoms with E-state index in [1.54, 1.807) is 6.07 Å². The molecule has 0 atom stereocenters. The molecule has 1 N–H and O–H groups in total. The van der Waals surface area contributed by atoms with Crippen molar-refractivity contribution in [2.24, 2.45) is 0 Å².